The van der Waals surface area contributed by atoms with Gasteiger partial charge in [0.05, 0.1) is 22.7 Å². The fourth-order valence-corrected chi connectivity index (χ4v) is 5.92. The highest BCUT2D eigenvalue weighted by Crippen LogP contribution is 2.25. The van der Waals surface area contributed by atoms with Gasteiger partial charge >= 0.3 is 0 Å². The normalized spacial score (nSPS) is 27.2. The zero-order chi connectivity index (χ0) is 17.9. The van der Waals surface area contributed by atoms with Crippen molar-refractivity contribution >= 4 is 15.7 Å². The van der Waals surface area contributed by atoms with E-state index < -0.39 is 15.4 Å². The summed E-state index contributed by atoms with van der Waals surface area (Å²) in [5.41, 5.74) is 0.490. The second kappa shape index (κ2) is 7.41. The number of carbonyl (C=O) groups is 1. The molecule has 25 heavy (non-hydrogen) atoms. The van der Waals surface area contributed by atoms with Gasteiger partial charge in [0.25, 0.3) is 0 Å². The number of nitrogens with one attached hydrogen (secondary N) is 1. The highest BCUT2D eigenvalue weighted by atomic mass is 32.2. The van der Waals surface area contributed by atoms with Gasteiger partial charge in [0.1, 0.15) is 0 Å². The van der Waals surface area contributed by atoms with Crippen molar-refractivity contribution in [1.29, 1.82) is 0 Å². The number of hydrogen-bond acceptors (Lipinski definition) is 5. The van der Waals surface area contributed by atoms with Crippen molar-refractivity contribution < 1.29 is 13.2 Å². The summed E-state index contributed by atoms with van der Waals surface area (Å²) in [6.45, 7) is 4.64. The van der Waals surface area contributed by atoms with Crippen LogP contribution in [-0.4, -0.2) is 54.3 Å². The van der Waals surface area contributed by atoms with Crippen molar-refractivity contribution in [2.45, 2.75) is 44.7 Å². The van der Waals surface area contributed by atoms with E-state index in [0.29, 0.717) is 18.8 Å². The van der Waals surface area contributed by atoms with Gasteiger partial charge in [-0.15, -0.1) is 0 Å². The number of sulfone groups is 1. The highest BCUT2D eigenvalue weighted by molar-refractivity contribution is 7.91. The third-order valence-electron chi connectivity index (χ3n) is 5.24. The molecule has 0 aliphatic carbocycles. The van der Waals surface area contributed by atoms with E-state index in [9.17, 15) is 13.2 Å². The summed E-state index contributed by atoms with van der Waals surface area (Å²) in [6.07, 6.45) is 4.82. The van der Waals surface area contributed by atoms with Crippen LogP contribution in [-0.2, 0) is 21.2 Å². The molecule has 6 nitrogen and oxygen atoms in total. The summed E-state index contributed by atoms with van der Waals surface area (Å²) >= 11 is 0. The molecule has 1 aromatic heterocycles. The number of nitrogens with zero attached hydrogens (tertiary/aromatic N) is 2. The molecule has 0 saturated carbocycles. The standard InChI is InChI=1S/C18H27N3O3S/c1-18(7-11-25(23,24)14-18)20-17(22)12-15-5-9-21(10-6-15)13-16-4-2-3-8-19-16/h2-4,8,15H,5-7,9-14H2,1H3,(H,20,22). The summed E-state index contributed by atoms with van der Waals surface area (Å²) < 4.78 is 23.3. The van der Waals surface area contributed by atoms with Gasteiger partial charge in [-0.1, -0.05) is 6.07 Å². The molecule has 1 unspecified atom stereocenters. The third kappa shape index (κ3) is 5.25. The Morgan fingerprint density at radius 3 is 2.72 bits per heavy atom. The van der Waals surface area contributed by atoms with Crippen LogP contribution in [0.1, 0.15) is 38.3 Å². The number of hydrogen-bond donors (Lipinski definition) is 1. The van der Waals surface area contributed by atoms with Crippen LogP contribution >= 0.6 is 0 Å². The summed E-state index contributed by atoms with van der Waals surface area (Å²) in [5.74, 6) is 0.605. The molecule has 3 rings (SSSR count). The van der Waals surface area contributed by atoms with E-state index in [1.807, 2.05) is 31.3 Å². The maximum atomic E-state index is 12.3. The Hall–Kier alpha value is -1.47. The van der Waals surface area contributed by atoms with Crippen molar-refractivity contribution in [3.8, 4) is 0 Å². The fraction of sp³-hybridized carbons (Fsp3) is 0.667. The van der Waals surface area contributed by atoms with Gasteiger partial charge in [-0.05, 0) is 57.3 Å². The number of likely N-dealkylation sites (tertiary alicyclic amines) is 1. The number of rotatable bonds is 5. The topological polar surface area (TPSA) is 79.4 Å². The summed E-state index contributed by atoms with van der Waals surface area (Å²) in [7, 11) is -3.00. The average molecular weight is 365 g/mol. The molecular weight excluding hydrogens is 338 g/mol. The summed E-state index contributed by atoms with van der Waals surface area (Å²) in [6, 6.07) is 5.96. The first-order chi connectivity index (χ1) is 11.8. The molecular formula is C18H27N3O3S. The lowest BCUT2D eigenvalue weighted by molar-refractivity contribution is -0.123. The molecule has 2 aliphatic rings. The van der Waals surface area contributed by atoms with Crippen LogP contribution in [0.15, 0.2) is 24.4 Å². The van der Waals surface area contributed by atoms with Crippen LogP contribution in [0.3, 0.4) is 0 Å². The van der Waals surface area contributed by atoms with Crippen molar-refractivity contribution in [2.75, 3.05) is 24.6 Å². The second-order valence-electron chi connectivity index (χ2n) is 7.70. The Morgan fingerprint density at radius 1 is 1.36 bits per heavy atom. The van der Waals surface area contributed by atoms with Gasteiger partial charge < -0.3 is 5.32 Å². The Morgan fingerprint density at radius 2 is 2.12 bits per heavy atom. The first-order valence-electron chi connectivity index (χ1n) is 8.97. The minimum atomic E-state index is -3.00. The minimum absolute atomic E-state index is 0.0113. The maximum absolute atomic E-state index is 12.3. The van der Waals surface area contributed by atoms with E-state index in [0.717, 1.165) is 38.2 Å². The first kappa shape index (κ1) is 18.3. The molecule has 2 aliphatic heterocycles. The second-order valence-corrected chi connectivity index (χ2v) is 9.88. The Kier molecular flexibility index (Phi) is 5.43. The molecule has 0 spiro atoms. The quantitative estimate of drug-likeness (QED) is 0.853. The van der Waals surface area contributed by atoms with Crippen LogP contribution in [0.4, 0.5) is 0 Å². The maximum Gasteiger partial charge on any atom is 0.220 e. The molecule has 0 radical (unpaired) electrons. The van der Waals surface area contributed by atoms with Crippen LogP contribution in [0.25, 0.3) is 0 Å². The van der Waals surface area contributed by atoms with Gasteiger partial charge in [0.2, 0.25) is 5.91 Å². The third-order valence-corrected chi connectivity index (χ3v) is 7.14. The Labute approximate surface area is 149 Å². The molecule has 1 aromatic rings. The average Bonchev–Trinajstić information content (AvgIpc) is 2.83. The number of carbonyl (C=O) groups excluding carboxylic acids is 1. The molecule has 138 valence electrons. The first-order valence-corrected chi connectivity index (χ1v) is 10.8. The van der Waals surface area contributed by atoms with E-state index >= 15 is 0 Å². The van der Waals surface area contributed by atoms with Gasteiger partial charge in [-0.3, -0.25) is 14.7 Å². The molecule has 2 saturated heterocycles. The predicted octanol–water partition coefficient (Wildman–Crippen LogP) is 1.38. The molecule has 0 aromatic carbocycles. The zero-order valence-electron chi connectivity index (χ0n) is 14.8. The number of pyridine rings is 1. The highest BCUT2D eigenvalue weighted by Gasteiger charge is 2.39. The molecule has 1 N–H and O–H groups in total. The lowest BCUT2D eigenvalue weighted by Gasteiger charge is -2.32. The van der Waals surface area contributed by atoms with E-state index in [1.54, 1.807) is 0 Å². The van der Waals surface area contributed by atoms with E-state index in [4.69, 9.17) is 0 Å². The van der Waals surface area contributed by atoms with Crippen molar-refractivity contribution in [1.82, 2.24) is 15.2 Å². The lowest BCUT2D eigenvalue weighted by Crippen LogP contribution is -2.47. The fourth-order valence-electron chi connectivity index (χ4n) is 3.83. The summed E-state index contributed by atoms with van der Waals surface area (Å²) in [4.78, 5) is 19.1. The molecule has 1 amide bonds. The predicted molar refractivity (Wildman–Crippen MR) is 96.7 cm³/mol. The van der Waals surface area contributed by atoms with E-state index in [1.165, 1.54) is 0 Å². The largest absolute Gasteiger partial charge is 0.350 e. The summed E-state index contributed by atoms with van der Waals surface area (Å²) in [5, 5.41) is 2.97. The zero-order valence-corrected chi connectivity index (χ0v) is 15.6. The minimum Gasteiger partial charge on any atom is -0.350 e. The van der Waals surface area contributed by atoms with Crippen LogP contribution in [0, 0.1) is 5.92 Å². The number of piperidine rings is 1. The van der Waals surface area contributed by atoms with Gasteiger partial charge in [0, 0.05) is 19.2 Å². The van der Waals surface area contributed by atoms with Gasteiger partial charge in [-0.2, -0.15) is 0 Å². The molecule has 3 heterocycles. The van der Waals surface area contributed by atoms with Crippen LogP contribution < -0.4 is 5.32 Å². The van der Waals surface area contributed by atoms with Crippen molar-refractivity contribution in [3.05, 3.63) is 30.1 Å². The number of amides is 1. The lowest BCUT2D eigenvalue weighted by atomic mass is 9.92. The van der Waals surface area contributed by atoms with E-state index in [-0.39, 0.29) is 17.4 Å². The number of aromatic nitrogens is 1. The smallest absolute Gasteiger partial charge is 0.220 e. The SMILES string of the molecule is CC1(NC(=O)CC2CCN(Cc3ccccn3)CC2)CCS(=O)(=O)C1. The molecule has 2 fully saturated rings. The van der Waals surface area contributed by atoms with Gasteiger partial charge in [0.15, 0.2) is 9.84 Å². The Bertz CT molecular complexity index is 700. The molecule has 7 heteroatoms. The van der Waals surface area contributed by atoms with Crippen LogP contribution in [0.2, 0.25) is 0 Å². The van der Waals surface area contributed by atoms with Crippen LogP contribution in [0.5, 0.6) is 0 Å². The Balaban J connectivity index is 1.42. The monoisotopic (exact) mass is 365 g/mol. The van der Waals surface area contributed by atoms with Gasteiger partial charge in [-0.25, -0.2) is 8.42 Å². The van der Waals surface area contributed by atoms with Crippen molar-refractivity contribution in [3.63, 3.8) is 0 Å². The van der Waals surface area contributed by atoms with E-state index in [2.05, 4.69) is 15.2 Å². The molecule has 1 atom stereocenters. The molecule has 0 bridgehead atoms. The van der Waals surface area contributed by atoms with Crippen molar-refractivity contribution in [2.24, 2.45) is 5.92 Å².